The Balaban J connectivity index is 2.30. The molecule has 0 saturated carbocycles. The van der Waals surface area contributed by atoms with Crippen molar-refractivity contribution in [1.82, 2.24) is 0 Å². The van der Waals surface area contributed by atoms with E-state index >= 15 is 0 Å². The largest absolute Gasteiger partial charge is 0.397 e. The third kappa shape index (κ3) is 2.82. The van der Waals surface area contributed by atoms with Crippen LogP contribution in [0.4, 0.5) is 15.8 Å². The molecule has 17 heavy (non-hydrogen) atoms. The third-order valence-electron chi connectivity index (χ3n) is 2.83. The van der Waals surface area contributed by atoms with Crippen LogP contribution in [0.15, 0.2) is 12.1 Å². The van der Waals surface area contributed by atoms with Crippen LogP contribution in [0, 0.1) is 9.39 Å². The molecule has 2 atom stereocenters. The maximum Gasteiger partial charge on any atom is 0.138 e. The summed E-state index contributed by atoms with van der Waals surface area (Å²) in [7, 11) is 0. The smallest absolute Gasteiger partial charge is 0.138 e. The zero-order valence-electron chi connectivity index (χ0n) is 9.91. The van der Waals surface area contributed by atoms with E-state index in [4.69, 9.17) is 10.5 Å². The van der Waals surface area contributed by atoms with Crippen LogP contribution in [-0.2, 0) is 4.74 Å². The average molecular weight is 350 g/mol. The van der Waals surface area contributed by atoms with Gasteiger partial charge in [0.2, 0.25) is 0 Å². The Kier molecular flexibility index (Phi) is 3.77. The first-order chi connectivity index (χ1) is 7.97. The fourth-order valence-electron chi connectivity index (χ4n) is 2.20. The van der Waals surface area contributed by atoms with Gasteiger partial charge in [-0.25, -0.2) is 4.39 Å². The molecule has 1 aliphatic rings. The van der Waals surface area contributed by atoms with Crippen molar-refractivity contribution >= 4 is 34.0 Å². The van der Waals surface area contributed by atoms with Crippen LogP contribution in [0.5, 0.6) is 0 Å². The summed E-state index contributed by atoms with van der Waals surface area (Å²) in [6, 6.07) is 3.19. The third-order valence-corrected chi connectivity index (χ3v) is 3.66. The zero-order valence-corrected chi connectivity index (χ0v) is 12.1. The number of anilines is 2. The first-order valence-electron chi connectivity index (χ1n) is 5.62. The van der Waals surface area contributed by atoms with Gasteiger partial charge in [-0.2, -0.15) is 0 Å². The quantitative estimate of drug-likeness (QED) is 0.625. The Morgan fingerprint density at radius 1 is 1.35 bits per heavy atom. The summed E-state index contributed by atoms with van der Waals surface area (Å²) in [5.41, 5.74) is 7.35. The highest BCUT2D eigenvalue weighted by atomic mass is 127. The van der Waals surface area contributed by atoms with Crippen molar-refractivity contribution < 1.29 is 9.13 Å². The van der Waals surface area contributed by atoms with E-state index in [9.17, 15) is 4.39 Å². The number of hydrogen-bond acceptors (Lipinski definition) is 3. The Morgan fingerprint density at radius 2 is 1.94 bits per heavy atom. The van der Waals surface area contributed by atoms with Gasteiger partial charge in [0.15, 0.2) is 0 Å². The number of nitrogens with zero attached hydrogens (tertiary/aromatic N) is 1. The lowest BCUT2D eigenvalue weighted by atomic mass is 10.1. The summed E-state index contributed by atoms with van der Waals surface area (Å²) in [6.45, 7) is 5.52. The highest BCUT2D eigenvalue weighted by Crippen LogP contribution is 2.29. The molecule has 0 bridgehead atoms. The number of morpholine rings is 1. The molecule has 0 aromatic heterocycles. The van der Waals surface area contributed by atoms with Crippen molar-refractivity contribution in [3.05, 3.63) is 21.5 Å². The molecule has 2 rings (SSSR count). The molecule has 1 saturated heterocycles. The fraction of sp³-hybridized carbons (Fsp3) is 0.500. The van der Waals surface area contributed by atoms with Gasteiger partial charge in [0.1, 0.15) is 5.82 Å². The average Bonchev–Trinajstić information content (AvgIpc) is 2.22. The molecule has 0 spiro atoms. The Morgan fingerprint density at radius 3 is 2.53 bits per heavy atom. The SMILES string of the molecule is C[C@@H]1CN(c2cc(F)c(I)cc2N)C[C@H](C)O1. The van der Waals surface area contributed by atoms with Gasteiger partial charge >= 0.3 is 0 Å². The van der Waals surface area contributed by atoms with Gasteiger partial charge in [0.05, 0.1) is 27.2 Å². The van der Waals surface area contributed by atoms with Crippen LogP contribution in [0.3, 0.4) is 0 Å². The molecular weight excluding hydrogens is 334 g/mol. The molecule has 0 unspecified atom stereocenters. The molecule has 0 aliphatic carbocycles. The minimum Gasteiger partial charge on any atom is -0.397 e. The van der Waals surface area contributed by atoms with Gasteiger partial charge in [-0.3, -0.25) is 0 Å². The van der Waals surface area contributed by atoms with Gasteiger partial charge in [0, 0.05) is 19.2 Å². The molecule has 0 amide bonds. The normalized spacial score (nSPS) is 25.1. The van der Waals surface area contributed by atoms with E-state index in [1.165, 1.54) is 6.07 Å². The van der Waals surface area contributed by atoms with Gasteiger partial charge < -0.3 is 15.4 Å². The van der Waals surface area contributed by atoms with Crippen molar-refractivity contribution in [1.29, 1.82) is 0 Å². The minimum absolute atomic E-state index is 0.139. The number of nitrogens with two attached hydrogens (primary N) is 1. The van der Waals surface area contributed by atoms with E-state index in [-0.39, 0.29) is 18.0 Å². The van der Waals surface area contributed by atoms with Crippen LogP contribution in [0.25, 0.3) is 0 Å². The summed E-state index contributed by atoms with van der Waals surface area (Å²) in [5.74, 6) is -0.221. The van der Waals surface area contributed by atoms with Crippen molar-refractivity contribution in [2.24, 2.45) is 0 Å². The van der Waals surface area contributed by atoms with E-state index in [1.54, 1.807) is 6.07 Å². The molecule has 0 radical (unpaired) electrons. The molecule has 1 fully saturated rings. The second-order valence-corrected chi connectivity index (χ2v) is 5.65. The second kappa shape index (κ2) is 4.97. The lowest BCUT2D eigenvalue weighted by Crippen LogP contribution is -2.45. The molecule has 94 valence electrons. The van der Waals surface area contributed by atoms with E-state index < -0.39 is 0 Å². The molecule has 1 heterocycles. The molecule has 1 aromatic rings. The molecule has 1 aliphatic heterocycles. The summed E-state index contributed by atoms with van der Waals surface area (Å²) in [5, 5.41) is 0. The lowest BCUT2D eigenvalue weighted by Gasteiger charge is -2.37. The molecule has 2 N–H and O–H groups in total. The Labute approximate surface area is 114 Å². The van der Waals surface area contributed by atoms with Crippen LogP contribution >= 0.6 is 22.6 Å². The molecule has 5 heteroatoms. The lowest BCUT2D eigenvalue weighted by molar-refractivity contribution is -0.00518. The summed E-state index contributed by atoms with van der Waals surface area (Å²) in [4.78, 5) is 2.09. The standard InChI is InChI=1S/C12H16FIN2O/c1-7-5-16(6-8(2)17-7)12-3-9(13)10(14)4-11(12)15/h3-4,7-8H,5-6,15H2,1-2H3/t7-,8+. The topological polar surface area (TPSA) is 38.5 Å². The number of ether oxygens (including phenoxy) is 1. The highest BCUT2D eigenvalue weighted by molar-refractivity contribution is 14.1. The first kappa shape index (κ1) is 12.9. The second-order valence-electron chi connectivity index (χ2n) is 4.49. The van der Waals surface area contributed by atoms with Crippen molar-refractivity contribution in [3.8, 4) is 0 Å². The van der Waals surface area contributed by atoms with Crippen LogP contribution < -0.4 is 10.6 Å². The predicted molar refractivity (Wildman–Crippen MR) is 75.8 cm³/mol. The van der Waals surface area contributed by atoms with Crippen LogP contribution in [0.2, 0.25) is 0 Å². The maximum absolute atomic E-state index is 13.6. The van der Waals surface area contributed by atoms with E-state index in [1.807, 2.05) is 36.4 Å². The molecule has 3 nitrogen and oxygen atoms in total. The molecule has 1 aromatic carbocycles. The Hall–Kier alpha value is -0.560. The monoisotopic (exact) mass is 350 g/mol. The van der Waals surface area contributed by atoms with Crippen molar-refractivity contribution in [2.75, 3.05) is 23.7 Å². The maximum atomic E-state index is 13.6. The van der Waals surface area contributed by atoms with E-state index in [2.05, 4.69) is 4.90 Å². The number of benzene rings is 1. The summed E-state index contributed by atoms with van der Waals surface area (Å²) < 4.78 is 19.8. The summed E-state index contributed by atoms with van der Waals surface area (Å²) >= 11 is 1.95. The number of rotatable bonds is 1. The van der Waals surface area contributed by atoms with Gasteiger partial charge in [-0.05, 0) is 42.5 Å². The highest BCUT2D eigenvalue weighted by Gasteiger charge is 2.24. The Bertz CT molecular complexity index is 417. The number of hydrogen-bond donors (Lipinski definition) is 1. The van der Waals surface area contributed by atoms with Crippen molar-refractivity contribution in [3.63, 3.8) is 0 Å². The van der Waals surface area contributed by atoms with Gasteiger partial charge in [-0.1, -0.05) is 0 Å². The molecular formula is C12H16FIN2O. The van der Waals surface area contributed by atoms with Gasteiger partial charge in [0.25, 0.3) is 0 Å². The van der Waals surface area contributed by atoms with Crippen molar-refractivity contribution in [2.45, 2.75) is 26.1 Å². The zero-order chi connectivity index (χ0) is 12.6. The predicted octanol–water partition coefficient (Wildman–Crippen LogP) is 2.63. The van der Waals surface area contributed by atoms with Crippen LogP contribution in [0.1, 0.15) is 13.8 Å². The van der Waals surface area contributed by atoms with E-state index in [0.717, 1.165) is 18.8 Å². The number of nitrogen functional groups attached to an aromatic ring is 1. The fourth-order valence-corrected chi connectivity index (χ4v) is 2.69. The summed E-state index contributed by atoms with van der Waals surface area (Å²) in [6.07, 6.45) is 0.279. The number of halogens is 2. The minimum atomic E-state index is -0.221. The van der Waals surface area contributed by atoms with E-state index in [0.29, 0.717) is 9.26 Å². The van der Waals surface area contributed by atoms with Crippen LogP contribution in [-0.4, -0.2) is 25.3 Å². The van der Waals surface area contributed by atoms with Gasteiger partial charge in [-0.15, -0.1) is 0 Å². The first-order valence-corrected chi connectivity index (χ1v) is 6.70.